The molecule has 2 aliphatic heterocycles. The number of ether oxygens (including phenoxy) is 3. The minimum absolute atomic E-state index is 0.0980. The second-order valence-electron chi connectivity index (χ2n) is 9.25. The van der Waals surface area contributed by atoms with E-state index in [1.807, 2.05) is 0 Å². The zero-order chi connectivity index (χ0) is 31.7. The SMILES string of the molecule is C#CCOCCOCCOCCNC(=O)CC[C@H](NC(=O)c1ccc(NCC2=NC3C(=O)NC(=N)N=C3N=C2)cc1)C(=O)O. The van der Waals surface area contributed by atoms with Crippen LogP contribution in [0.25, 0.3) is 0 Å². The van der Waals surface area contributed by atoms with Crippen LogP contribution in [0.4, 0.5) is 5.69 Å². The van der Waals surface area contributed by atoms with Gasteiger partial charge in [0.15, 0.2) is 11.9 Å². The first-order valence-corrected chi connectivity index (χ1v) is 13.7. The largest absolute Gasteiger partial charge is 0.480 e. The maximum atomic E-state index is 12.7. The fourth-order valence-electron chi connectivity index (χ4n) is 3.78. The molecule has 0 radical (unpaired) electrons. The molecule has 0 spiro atoms. The van der Waals surface area contributed by atoms with Crippen molar-refractivity contribution in [2.24, 2.45) is 15.0 Å². The highest BCUT2D eigenvalue weighted by Gasteiger charge is 2.31. The number of nitrogens with one attached hydrogen (secondary N) is 5. The van der Waals surface area contributed by atoms with Gasteiger partial charge in [-0.1, -0.05) is 5.92 Å². The standard InChI is InChI=1S/C28H34N8O8/c1-2-10-42-12-14-44-15-13-43-11-9-30-22(37)8-7-21(27(40)41)34-25(38)18-3-5-19(6-4-18)31-16-20-17-32-24-23(33-20)26(39)36-28(29)35-24/h1,3-6,17,21,23,31H,7-16H2,(H,30,37)(H,34,38)(H,40,41)(H2,29,36,39)/t21-,23?/m0/s1. The van der Waals surface area contributed by atoms with Gasteiger partial charge in [-0.15, -0.1) is 6.42 Å². The van der Waals surface area contributed by atoms with Crippen molar-refractivity contribution in [1.29, 1.82) is 5.41 Å². The van der Waals surface area contributed by atoms with E-state index in [-0.39, 0.29) is 62.4 Å². The maximum Gasteiger partial charge on any atom is 0.326 e. The van der Waals surface area contributed by atoms with E-state index in [0.717, 1.165) is 0 Å². The Morgan fingerprint density at radius 2 is 1.80 bits per heavy atom. The van der Waals surface area contributed by atoms with Crippen molar-refractivity contribution in [3.63, 3.8) is 0 Å². The lowest BCUT2D eigenvalue weighted by Gasteiger charge is -2.21. The van der Waals surface area contributed by atoms with Crippen LogP contribution in [0.3, 0.4) is 0 Å². The molecule has 2 aliphatic rings. The van der Waals surface area contributed by atoms with Crippen LogP contribution < -0.4 is 21.3 Å². The summed E-state index contributed by atoms with van der Waals surface area (Å²) in [5.41, 5.74) is 1.36. The van der Waals surface area contributed by atoms with E-state index >= 15 is 0 Å². The molecule has 0 saturated heterocycles. The number of amides is 3. The fourth-order valence-corrected chi connectivity index (χ4v) is 3.78. The minimum atomic E-state index is -1.26. The number of rotatable bonds is 19. The maximum absolute atomic E-state index is 12.7. The molecule has 0 saturated carbocycles. The first-order valence-electron chi connectivity index (χ1n) is 13.7. The molecule has 44 heavy (non-hydrogen) atoms. The van der Waals surface area contributed by atoms with Crippen molar-refractivity contribution in [3.8, 4) is 12.3 Å². The third kappa shape index (κ3) is 11.4. The predicted octanol–water partition coefficient (Wildman–Crippen LogP) is -0.782. The molecule has 1 unspecified atom stereocenters. The molecule has 2 atom stereocenters. The number of hydrogen-bond acceptors (Lipinski definition) is 11. The van der Waals surface area contributed by atoms with Crippen molar-refractivity contribution >= 4 is 53.1 Å². The van der Waals surface area contributed by atoms with Crippen LogP contribution in [0.2, 0.25) is 0 Å². The number of carbonyl (C=O) groups excluding carboxylic acids is 3. The van der Waals surface area contributed by atoms with Gasteiger partial charge in [-0.3, -0.25) is 30.1 Å². The van der Waals surface area contributed by atoms with Crippen LogP contribution in [-0.4, -0.2) is 117 Å². The summed E-state index contributed by atoms with van der Waals surface area (Å²) in [4.78, 5) is 60.7. The predicted molar refractivity (Wildman–Crippen MR) is 160 cm³/mol. The van der Waals surface area contributed by atoms with Gasteiger partial charge in [-0.2, -0.15) is 4.99 Å². The van der Waals surface area contributed by atoms with Gasteiger partial charge < -0.3 is 35.3 Å². The molecule has 1 aromatic carbocycles. The van der Waals surface area contributed by atoms with E-state index in [0.29, 0.717) is 37.8 Å². The average Bonchev–Trinajstić information content (AvgIpc) is 3.01. The number of carboxylic acid groups (broad SMARTS) is 1. The number of amidine groups is 1. The van der Waals surface area contributed by atoms with Crippen molar-refractivity contribution in [3.05, 3.63) is 29.8 Å². The number of aliphatic imine (C=N–C) groups is 3. The number of nitrogens with zero attached hydrogens (tertiary/aromatic N) is 3. The Labute approximate surface area is 253 Å². The Morgan fingerprint density at radius 3 is 2.50 bits per heavy atom. The molecule has 16 nitrogen and oxygen atoms in total. The zero-order valence-corrected chi connectivity index (χ0v) is 23.8. The summed E-state index contributed by atoms with van der Waals surface area (Å²) in [6, 6.07) is 4.12. The monoisotopic (exact) mass is 610 g/mol. The summed E-state index contributed by atoms with van der Waals surface area (Å²) < 4.78 is 15.7. The number of hydrogen-bond donors (Lipinski definition) is 6. The number of benzene rings is 1. The van der Waals surface area contributed by atoms with Crippen LogP contribution in [-0.2, 0) is 28.6 Å². The Hall–Kier alpha value is -4.98. The molecule has 3 amide bonds. The van der Waals surface area contributed by atoms with Gasteiger partial charge in [0.1, 0.15) is 12.6 Å². The number of carboxylic acids is 1. The Balaban J connectivity index is 1.34. The van der Waals surface area contributed by atoms with Gasteiger partial charge in [0.2, 0.25) is 11.9 Å². The summed E-state index contributed by atoms with van der Waals surface area (Å²) in [6.45, 7) is 2.46. The third-order valence-corrected chi connectivity index (χ3v) is 5.98. The van der Waals surface area contributed by atoms with Crippen molar-refractivity contribution in [1.82, 2.24) is 16.0 Å². The summed E-state index contributed by atoms with van der Waals surface area (Å²) in [5.74, 6) is -0.489. The second kappa shape index (κ2) is 17.9. The first kappa shape index (κ1) is 33.5. The molecule has 3 rings (SSSR count). The Bertz CT molecular complexity index is 1340. The number of aliphatic carboxylic acids is 1. The van der Waals surface area contributed by atoms with Crippen LogP contribution in [0.15, 0.2) is 39.2 Å². The van der Waals surface area contributed by atoms with Crippen LogP contribution in [0.5, 0.6) is 0 Å². The third-order valence-electron chi connectivity index (χ3n) is 5.98. The van der Waals surface area contributed by atoms with E-state index < -0.39 is 29.9 Å². The van der Waals surface area contributed by atoms with Crippen molar-refractivity contribution in [2.45, 2.75) is 24.9 Å². The van der Waals surface area contributed by atoms with E-state index in [9.17, 15) is 24.3 Å². The second-order valence-corrected chi connectivity index (χ2v) is 9.25. The number of fused-ring (bicyclic) bond motifs is 1. The van der Waals surface area contributed by atoms with Crippen LogP contribution in [0.1, 0.15) is 23.2 Å². The topological polar surface area (TPSA) is 225 Å². The van der Waals surface area contributed by atoms with Crippen molar-refractivity contribution < 1.29 is 38.5 Å². The van der Waals surface area contributed by atoms with Crippen LogP contribution in [0, 0.1) is 17.8 Å². The first-order chi connectivity index (χ1) is 21.3. The zero-order valence-electron chi connectivity index (χ0n) is 23.8. The number of guanidine groups is 1. The highest BCUT2D eigenvalue weighted by molar-refractivity contribution is 6.38. The molecule has 6 N–H and O–H groups in total. The molecule has 16 heteroatoms. The Kier molecular flexibility index (Phi) is 13.6. The summed E-state index contributed by atoms with van der Waals surface area (Å²) in [7, 11) is 0. The fraction of sp³-hybridized carbons (Fsp3) is 0.429. The van der Waals surface area contributed by atoms with Gasteiger partial charge in [0.25, 0.3) is 11.8 Å². The summed E-state index contributed by atoms with van der Waals surface area (Å²) in [5, 5.41) is 27.5. The number of anilines is 1. The number of terminal acetylenes is 1. The molecule has 1 aromatic rings. The minimum Gasteiger partial charge on any atom is -0.480 e. The quantitative estimate of drug-likeness (QED) is 0.0852. The van der Waals surface area contributed by atoms with Gasteiger partial charge in [-0.05, 0) is 30.7 Å². The number of carbonyl (C=O) groups is 4. The molecular weight excluding hydrogens is 576 g/mol. The van der Waals surface area contributed by atoms with Gasteiger partial charge in [-0.25, -0.2) is 9.79 Å². The summed E-state index contributed by atoms with van der Waals surface area (Å²) in [6.07, 6.45) is 6.32. The van der Waals surface area contributed by atoms with E-state index in [1.165, 1.54) is 18.3 Å². The van der Waals surface area contributed by atoms with Gasteiger partial charge in [0, 0.05) is 24.2 Å². The lowest BCUT2D eigenvalue weighted by Crippen LogP contribution is -2.47. The molecule has 0 bridgehead atoms. The van der Waals surface area contributed by atoms with Gasteiger partial charge >= 0.3 is 5.97 Å². The van der Waals surface area contributed by atoms with E-state index in [1.54, 1.807) is 12.1 Å². The van der Waals surface area contributed by atoms with Crippen molar-refractivity contribution in [2.75, 3.05) is 58.0 Å². The molecule has 0 aromatic heterocycles. The average molecular weight is 611 g/mol. The normalized spacial score (nSPS) is 16.0. The highest BCUT2D eigenvalue weighted by Crippen LogP contribution is 2.12. The van der Waals surface area contributed by atoms with Crippen LogP contribution >= 0.6 is 0 Å². The van der Waals surface area contributed by atoms with Gasteiger partial charge in [0.05, 0.1) is 51.5 Å². The smallest absolute Gasteiger partial charge is 0.326 e. The molecule has 2 heterocycles. The molecular formula is C28H34N8O8. The molecule has 234 valence electrons. The summed E-state index contributed by atoms with van der Waals surface area (Å²) >= 11 is 0. The van der Waals surface area contributed by atoms with E-state index in [2.05, 4.69) is 42.2 Å². The highest BCUT2D eigenvalue weighted by atomic mass is 16.5. The van der Waals surface area contributed by atoms with E-state index in [4.69, 9.17) is 26.0 Å². The lowest BCUT2D eigenvalue weighted by atomic mass is 10.1. The lowest BCUT2D eigenvalue weighted by molar-refractivity contribution is -0.139. The Morgan fingerprint density at radius 1 is 1.09 bits per heavy atom. The molecule has 0 fully saturated rings. The molecule has 0 aliphatic carbocycles.